The summed E-state index contributed by atoms with van der Waals surface area (Å²) in [5.74, 6) is -0.182. The van der Waals surface area contributed by atoms with Gasteiger partial charge in [0, 0.05) is 25.2 Å². The first kappa shape index (κ1) is 13.9. The van der Waals surface area contributed by atoms with Crippen molar-refractivity contribution in [2.45, 2.75) is 31.3 Å². The Balaban J connectivity index is 1.83. The van der Waals surface area contributed by atoms with Crippen molar-refractivity contribution in [2.24, 2.45) is 5.73 Å². The largest absolute Gasteiger partial charge is 0.442 e. The third-order valence-corrected chi connectivity index (χ3v) is 4.84. The molecule has 1 saturated heterocycles. The summed E-state index contributed by atoms with van der Waals surface area (Å²) in [6, 6.07) is 1.52. The van der Waals surface area contributed by atoms with Crippen LogP contribution in [-0.4, -0.2) is 33.7 Å². The Morgan fingerprint density at radius 2 is 2.17 bits per heavy atom. The minimum atomic E-state index is -0.435. The van der Waals surface area contributed by atoms with Gasteiger partial charge in [0.05, 0.1) is 5.39 Å². The van der Waals surface area contributed by atoms with Gasteiger partial charge in [0.15, 0.2) is 29.1 Å². The third kappa shape index (κ3) is 1.89. The SMILES string of the molecule is NC1CCN(c2nc3c(cc2F)c2ocnc2c(=O)n3C2CC2)C1. The van der Waals surface area contributed by atoms with Crippen molar-refractivity contribution in [3.05, 3.63) is 28.6 Å². The lowest BCUT2D eigenvalue weighted by atomic mass is 10.2. The highest BCUT2D eigenvalue weighted by atomic mass is 19.1. The van der Waals surface area contributed by atoms with E-state index in [2.05, 4.69) is 9.97 Å². The molecule has 7 nitrogen and oxygen atoms in total. The number of nitrogens with two attached hydrogens (primary N) is 1. The molecule has 2 fully saturated rings. The van der Waals surface area contributed by atoms with Crippen LogP contribution in [0.25, 0.3) is 22.1 Å². The van der Waals surface area contributed by atoms with Crippen molar-refractivity contribution in [1.29, 1.82) is 0 Å². The molecule has 1 aliphatic carbocycles. The quantitative estimate of drug-likeness (QED) is 0.767. The maximum Gasteiger partial charge on any atom is 0.282 e. The first-order valence-corrected chi connectivity index (χ1v) is 8.12. The Labute approximate surface area is 135 Å². The van der Waals surface area contributed by atoms with Gasteiger partial charge in [-0.15, -0.1) is 0 Å². The number of hydrogen-bond acceptors (Lipinski definition) is 6. The Kier molecular flexibility index (Phi) is 2.76. The van der Waals surface area contributed by atoms with Crippen LogP contribution in [0.15, 0.2) is 21.7 Å². The van der Waals surface area contributed by atoms with Crippen LogP contribution in [0, 0.1) is 5.82 Å². The number of rotatable bonds is 2. The molecule has 2 aliphatic rings. The van der Waals surface area contributed by atoms with Crippen LogP contribution in [0.4, 0.5) is 10.2 Å². The summed E-state index contributed by atoms with van der Waals surface area (Å²) in [5, 5.41) is 0.485. The molecule has 124 valence electrons. The standard InChI is InChI=1S/C16H16FN5O2/c17-11-5-10-13-12(19-7-24-13)16(23)22(9-1-2-9)14(10)20-15(11)21-4-3-8(18)6-21/h5,7-9H,1-4,6,18H2. The summed E-state index contributed by atoms with van der Waals surface area (Å²) >= 11 is 0. The molecular weight excluding hydrogens is 313 g/mol. The monoisotopic (exact) mass is 329 g/mol. The Bertz CT molecular complexity index is 1020. The van der Waals surface area contributed by atoms with E-state index < -0.39 is 5.82 Å². The predicted molar refractivity (Wildman–Crippen MR) is 86.6 cm³/mol. The van der Waals surface area contributed by atoms with Crippen molar-refractivity contribution < 1.29 is 8.81 Å². The van der Waals surface area contributed by atoms with E-state index in [1.807, 2.05) is 4.90 Å². The number of halogens is 1. The van der Waals surface area contributed by atoms with Crippen molar-refractivity contribution in [3.8, 4) is 0 Å². The predicted octanol–water partition coefficient (Wildman–Crippen LogP) is 1.55. The Hall–Kier alpha value is -2.48. The summed E-state index contributed by atoms with van der Waals surface area (Å²) in [4.78, 5) is 23.1. The highest BCUT2D eigenvalue weighted by Gasteiger charge is 2.31. The molecule has 4 heterocycles. The van der Waals surface area contributed by atoms with Crippen LogP contribution in [0.5, 0.6) is 0 Å². The minimum absolute atomic E-state index is 0.0178. The second kappa shape index (κ2) is 4.76. The molecule has 3 aromatic rings. The lowest BCUT2D eigenvalue weighted by Gasteiger charge is -2.19. The number of hydrogen-bond donors (Lipinski definition) is 1. The molecule has 0 aromatic carbocycles. The van der Waals surface area contributed by atoms with Crippen LogP contribution >= 0.6 is 0 Å². The molecule has 3 aromatic heterocycles. The summed E-state index contributed by atoms with van der Waals surface area (Å²) in [6.45, 7) is 1.22. The van der Waals surface area contributed by atoms with E-state index in [4.69, 9.17) is 10.2 Å². The maximum atomic E-state index is 14.7. The van der Waals surface area contributed by atoms with E-state index in [0.717, 1.165) is 19.3 Å². The normalized spacial score (nSPS) is 21.2. The maximum absolute atomic E-state index is 14.7. The topological polar surface area (TPSA) is 90.2 Å². The van der Waals surface area contributed by atoms with Crippen molar-refractivity contribution in [1.82, 2.24) is 14.5 Å². The molecular formula is C16H16FN5O2. The Morgan fingerprint density at radius 1 is 1.33 bits per heavy atom. The first-order valence-electron chi connectivity index (χ1n) is 8.12. The summed E-state index contributed by atoms with van der Waals surface area (Å²) in [5.41, 5.74) is 6.69. The van der Waals surface area contributed by atoms with Crippen molar-refractivity contribution in [2.75, 3.05) is 18.0 Å². The van der Waals surface area contributed by atoms with Crippen LogP contribution in [0.3, 0.4) is 0 Å². The molecule has 1 aliphatic heterocycles. The van der Waals surface area contributed by atoms with Gasteiger partial charge < -0.3 is 15.1 Å². The number of fused-ring (bicyclic) bond motifs is 3. The fourth-order valence-electron chi connectivity index (χ4n) is 3.49. The molecule has 8 heteroatoms. The van der Waals surface area contributed by atoms with Gasteiger partial charge in [-0.3, -0.25) is 9.36 Å². The van der Waals surface area contributed by atoms with Gasteiger partial charge in [0.1, 0.15) is 5.65 Å². The number of nitrogens with zero attached hydrogens (tertiary/aromatic N) is 4. The molecule has 0 radical (unpaired) electrons. The summed E-state index contributed by atoms with van der Waals surface area (Å²) in [7, 11) is 0. The number of aromatic nitrogens is 3. The molecule has 0 spiro atoms. The fourth-order valence-corrected chi connectivity index (χ4v) is 3.49. The van der Waals surface area contributed by atoms with E-state index in [1.165, 1.54) is 12.5 Å². The van der Waals surface area contributed by atoms with Crippen LogP contribution in [0.2, 0.25) is 0 Å². The zero-order valence-electron chi connectivity index (χ0n) is 12.9. The number of anilines is 1. The van der Waals surface area contributed by atoms with Gasteiger partial charge in [-0.1, -0.05) is 0 Å². The highest BCUT2D eigenvalue weighted by molar-refractivity contribution is 5.99. The van der Waals surface area contributed by atoms with Gasteiger partial charge >= 0.3 is 0 Å². The number of oxazole rings is 1. The lowest BCUT2D eigenvalue weighted by Crippen LogP contribution is -2.28. The zero-order chi connectivity index (χ0) is 16.4. The van der Waals surface area contributed by atoms with E-state index in [-0.39, 0.29) is 29.0 Å². The minimum Gasteiger partial charge on any atom is -0.442 e. The van der Waals surface area contributed by atoms with Gasteiger partial charge in [-0.2, -0.15) is 0 Å². The summed E-state index contributed by atoms with van der Waals surface area (Å²) < 4.78 is 21.7. The first-order chi connectivity index (χ1) is 11.6. The van der Waals surface area contributed by atoms with Gasteiger partial charge in [-0.25, -0.2) is 14.4 Å². The molecule has 24 heavy (non-hydrogen) atoms. The summed E-state index contributed by atoms with van der Waals surface area (Å²) in [6.07, 6.45) is 3.85. The van der Waals surface area contributed by atoms with Gasteiger partial charge in [-0.05, 0) is 25.3 Å². The smallest absolute Gasteiger partial charge is 0.282 e. The Morgan fingerprint density at radius 3 is 2.88 bits per heavy atom. The number of pyridine rings is 2. The van der Waals surface area contributed by atoms with E-state index >= 15 is 0 Å². The fraction of sp³-hybridized carbons (Fsp3) is 0.438. The van der Waals surface area contributed by atoms with Crippen LogP contribution in [0.1, 0.15) is 25.3 Å². The second-order valence-corrected chi connectivity index (χ2v) is 6.60. The van der Waals surface area contributed by atoms with Gasteiger partial charge in [0.25, 0.3) is 5.56 Å². The van der Waals surface area contributed by atoms with E-state index in [9.17, 15) is 9.18 Å². The van der Waals surface area contributed by atoms with E-state index in [0.29, 0.717) is 29.7 Å². The molecule has 0 amide bonds. The zero-order valence-corrected chi connectivity index (χ0v) is 12.9. The third-order valence-electron chi connectivity index (χ3n) is 4.84. The molecule has 2 N–H and O–H groups in total. The van der Waals surface area contributed by atoms with Crippen molar-refractivity contribution >= 4 is 28.0 Å². The van der Waals surface area contributed by atoms with Gasteiger partial charge in [0.2, 0.25) is 0 Å². The van der Waals surface area contributed by atoms with E-state index in [1.54, 1.807) is 4.57 Å². The highest BCUT2D eigenvalue weighted by Crippen LogP contribution is 2.37. The van der Waals surface area contributed by atoms with Crippen LogP contribution in [-0.2, 0) is 0 Å². The molecule has 1 unspecified atom stereocenters. The average molecular weight is 329 g/mol. The molecule has 0 bridgehead atoms. The lowest BCUT2D eigenvalue weighted by molar-refractivity contribution is 0.600. The van der Waals surface area contributed by atoms with Crippen molar-refractivity contribution in [3.63, 3.8) is 0 Å². The molecule has 1 saturated carbocycles. The molecule has 1 atom stereocenters. The second-order valence-electron chi connectivity index (χ2n) is 6.60. The van der Waals surface area contributed by atoms with Crippen LogP contribution < -0.4 is 16.2 Å². The average Bonchev–Trinajstić information content (AvgIpc) is 3.09. The molecule has 5 rings (SSSR count).